The maximum absolute atomic E-state index is 12.8. The van der Waals surface area contributed by atoms with Crippen molar-refractivity contribution in [1.29, 1.82) is 0 Å². The van der Waals surface area contributed by atoms with E-state index in [1.54, 1.807) is 6.92 Å². The SMILES string of the molecule is C=C(C)c1nc[nH]c(=O)c1F. The zero-order valence-corrected chi connectivity index (χ0v) is 6.02. The molecule has 3 nitrogen and oxygen atoms in total. The molecule has 1 aromatic heterocycles. The van der Waals surface area contributed by atoms with E-state index in [2.05, 4.69) is 16.5 Å². The van der Waals surface area contributed by atoms with Gasteiger partial charge in [-0.3, -0.25) is 4.79 Å². The smallest absolute Gasteiger partial charge is 0.287 e. The number of H-pyrrole nitrogens is 1. The standard InChI is InChI=1S/C7H7FN2O/c1-4(2)6-5(8)7(11)10-3-9-6/h3H,1H2,2H3,(H,9,10,11). The normalized spacial score (nSPS) is 9.64. The molecule has 0 aliphatic carbocycles. The molecule has 1 N–H and O–H groups in total. The lowest BCUT2D eigenvalue weighted by Crippen LogP contribution is -2.13. The van der Waals surface area contributed by atoms with Crippen molar-refractivity contribution in [2.75, 3.05) is 0 Å². The first kappa shape index (κ1) is 7.65. The molecule has 11 heavy (non-hydrogen) atoms. The highest BCUT2D eigenvalue weighted by atomic mass is 19.1. The maximum atomic E-state index is 12.8. The minimum absolute atomic E-state index is 0.0220. The Balaban J connectivity index is 3.39. The van der Waals surface area contributed by atoms with E-state index in [1.807, 2.05) is 0 Å². The van der Waals surface area contributed by atoms with Crippen LogP contribution in [0.1, 0.15) is 12.6 Å². The van der Waals surface area contributed by atoms with Crippen LogP contribution in [0.3, 0.4) is 0 Å². The van der Waals surface area contributed by atoms with Gasteiger partial charge in [-0.1, -0.05) is 6.58 Å². The van der Waals surface area contributed by atoms with Gasteiger partial charge in [0, 0.05) is 0 Å². The topological polar surface area (TPSA) is 45.8 Å². The zero-order chi connectivity index (χ0) is 8.43. The molecule has 1 heterocycles. The number of rotatable bonds is 1. The molecule has 0 radical (unpaired) electrons. The number of aromatic amines is 1. The summed E-state index contributed by atoms with van der Waals surface area (Å²) in [6.45, 7) is 5.06. The second-order valence-electron chi connectivity index (χ2n) is 2.17. The average Bonchev–Trinajstić information content (AvgIpc) is 1.94. The number of halogens is 1. The third-order valence-electron chi connectivity index (χ3n) is 1.20. The second kappa shape index (κ2) is 2.65. The van der Waals surface area contributed by atoms with Gasteiger partial charge in [-0.05, 0) is 12.5 Å². The van der Waals surface area contributed by atoms with Crippen LogP contribution in [-0.4, -0.2) is 9.97 Å². The van der Waals surface area contributed by atoms with Crippen molar-refractivity contribution < 1.29 is 4.39 Å². The maximum Gasteiger partial charge on any atom is 0.287 e. The van der Waals surface area contributed by atoms with Crippen LogP contribution in [0.25, 0.3) is 5.57 Å². The molecule has 1 rings (SSSR count). The Morgan fingerprint density at radius 3 is 2.91 bits per heavy atom. The molecule has 0 saturated heterocycles. The monoisotopic (exact) mass is 154 g/mol. The van der Waals surface area contributed by atoms with Crippen molar-refractivity contribution >= 4 is 5.57 Å². The van der Waals surface area contributed by atoms with E-state index in [9.17, 15) is 9.18 Å². The average molecular weight is 154 g/mol. The molecule has 0 saturated carbocycles. The van der Waals surface area contributed by atoms with Crippen LogP contribution in [0.5, 0.6) is 0 Å². The fraction of sp³-hybridized carbons (Fsp3) is 0.143. The van der Waals surface area contributed by atoms with Gasteiger partial charge in [0.05, 0.1) is 6.33 Å². The molecule has 58 valence electrons. The molecule has 0 aliphatic heterocycles. The molecule has 1 aromatic rings. The van der Waals surface area contributed by atoms with Crippen LogP contribution in [0.4, 0.5) is 4.39 Å². The van der Waals surface area contributed by atoms with Gasteiger partial charge in [-0.15, -0.1) is 0 Å². The van der Waals surface area contributed by atoms with Crippen LogP contribution < -0.4 is 5.56 Å². The molecular weight excluding hydrogens is 147 g/mol. The highest BCUT2D eigenvalue weighted by molar-refractivity contribution is 5.57. The van der Waals surface area contributed by atoms with E-state index in [0.717, 1.165) is 6.33 Å². The van der Waals surface area contributed by atoms with Gasteiger partial charge in [-0.2, -0.15) is 4.39 Å². The number of allylic oxidation sites excluding steroid dienone is 1. The Morgan fingerprint density at radius 1 is 1.82 bits per heavy atom. The molecule has 0 unspecified atom stereocenters. The van der Waals surface area contributed by atoms with Gasteiger partial charge in [0.1, 0.15) is 5.69 Å². The summed E-state index contributed by atoms with van der Waals surface area (Å²) < 4.78 is 12.8. The van der Waals surface area contributed by atoms with Gasteiger partial charge < -0.3 is 4.98 Å². The summed E-state index contributed by atoms with van der Waals surface area (Å²) in [5, 5.41) is 0. The van der Waals surface area contributed by atoms with Crippen LogP contribution in [-0.2, 0) is 0 Å². The van der Waals surface area contributed by atoms with E-state index in [1.165, 1.54) is 0 Å². The largest absolute Gasteiger partial charge is 0.311 e. The van der Waals surface area contributed by atoms with E-state index in [-0.39, 0.29) is 5.69 Å². The molecule has 0 atom stereocenters. The molecule has 0 spiro atoms. The van der Waals surface area contributed by atoms with Gasteiger partial charge in [-0.25, -0.2) is 4.98 Å². The van der Waals surface area contributed by atoms with Crippen LogP contribution in [0.2, 0.25) is 0 Å². The third kappa shape index (κ3) is 1.34. The number of nitrogens with one attached hydrogen (secondary N) is 1. The molecule has 0 amide bonds. The van der Waals surface area contributed by atoms with Crippen molar-refractivity contribution in [3.8, 4) is 0 Å². The predicted molar refractivity (Wildman–Crippen MR) is 39.5 cm³/mol. The molecule has 0 bridgehead atoms. The minimum Gasteiger partial charge on any atom is -0.311 e. The Labute approximate surface area is 62.6 Å². The van der Waals surface area contributed by atoms with Gasteiger partial charge >= 0.3 is 0 Å². The van der Waals surface area contributed by atoms with Gasteiger partial charge in [0.2, 0.25) is 5.82 Å². The summed E-state index contributed by atoms with van der Waals surface area (Å²) in [4.78, 5) is 16.4. The lowest BCUT2D eigenvalue weighted by Gasteiger charge is -1.96. The van der Waals surface area contributed by atoms with Crippen LogP contribution >= 0.6 is 0 Å². The lowest BCUT2D eigenvalue weighted by molar-refractivity contribution is 0.595. The number of nitrogens with zero attached hydrogens (tertiary/aromatic N) is 1. The van der Waals surface area contributed by atoms with Crippen molar-refractivity contribution in [3.63, 3.8) is 0 Å². The summed E-state index contributed by atoms with van der Waals surface area (Å²) >= 11 is 0. The number of hydrogen-bond acceptors (Lipinski definition) is 2. The van der Waals surface area contributed by atoms with Gasteiger partial charge in [0.15, 0.2) is 0 Å². The highest BCUT2D eigenvalue weighted by Gasteiger charge is 2.06. The second-order valence-corrected chi connectivity index (χ2v) is 2.17. The van der Waals surface area contributed by atoms with E-state index in [0.29, 0.717) is 5.57 Å². The van der Waals surface area contributed by atoms with Crippen molar-refractivity contribution in [2.24, 2.45) is 0 Å². The Morgan fingerprint density at radius 2 is 2.45 bits per heavy atom. The number of hydrogen-bond donors (Lipinski definition) is 1. The summed E-state index contributed by atoms with van der Waals surface area (Å²) in [5.74, 6) is -0.875. The van der Waals surface area contributed by atoms with E-state index >= 15 is 0 Å². The summed E-state index contributed by atoms with van der Waals surface area (Å²) in [6.07, 6.45) is 1.15. The summed E-state index contributed by atoms with van der Waals surface area (Å²) in [5.41, 5.74) is -0.305. The van der Waals surface area contributed by atoms with Crippen LogP contribution in [0, 0.1) is 5.82 Å². The van der Waals surface area contributed by atoms with Crippen molar-refractivity contribution in [3.05, 3.63) is 34.8 Å². The highest BCUT2D eigenvalue weighted by Crippen LogP contribution is 2.07. The quantitative estimate of drug-likeness (QED) is 0.654. The first-order valence-electron chi connectivity index (χ1n) is 3.02. The molecule has 0 aromatic carbocycles. The molecule has 0 aliphatic rings. The fourth-order valence-corrected chi connectivity index (χ4v) is 0.681. The predicted octanol–water partition coefficient (Wildman–Crippen LogP) is 0.942. The third-order valence-corrected chi connectivity index (χ3v) is 1.20. The Hall–Kier alpha value is -1.45. The van der Waals surface area contributed by atoms with Gasteiger partial charge in [0.25, 0.3) is 5.56 Å². The fourth-order valence-electron chi connectivity index (χ4n) is 0.681. The summed E-state index contributed by atoms with van der Waals surface area (Å²) in [7, 11) is 0. The Kier molecular flexibility index (Phi) is 1.85. The van der Waals surface area contributed by atoms with Crippen LogP contribution in [0.15, 0.2) is 17.7 Å². The Bertz CT molecular complexity index is 343. The lowest BCUT2D eigenvalue weighted by atomic mass is 10.2. The summed E-state index contributed by atoms with van der Waals surface area (Å²) in [6, 6.07) is 0. The van der Waals surface area contributed by atoms with E-state index < -0.39 is 11.4 Å². The molecule has 0 fully saturated rings. The van der Waals surface area contributed by atoms with Crippen molar-refractivity contribution in [2.45, 2.75) is 6.92 Å². The molecular formula is C7H7FN2O. The molecule has 4 heteroatoms. The zero-order valence-electron chi connectivity index (χ0n) is 6.02. The number of aromatic nitrogens is 2. The first-order valence-corrected chi connectivity index (χ1v) is 3.02. The van der Waals surface area contributed by atoms with Crippen molar-refractivity contribution in [1.82, 2.24) is 9.97 Å². The first-order chi connectivity index (χ1) is 5.13. The van der Waals surface area contributed by atoms with E-state index in [4.69, 9.17) is 0 Å². The minimum atomic E-state index is -0.875.